The number of hydrogen-bond donors (Lipinski definition) is 1. The van der Waals surface area contributed by atoms with Crippen molar-refractivity contribution in [3.8, 4) is 0 Å². The fraction of sp³-hybridized carbons (Fsp3) is 0.562. The molecule has 1 aromatic carbocycles. The third-order valence-electron chi connectivity index (χ3n) is 3.33. The van der Waals surface area contributed by atoms with Gasteiger partial charge in [0.1, 0.15) is 0 Å². The topological polar surface area (TPSA) is 32.3 Å². The molecule has 1 aromatic rings. The average Bonchev–Trinajstić information content (AvgIpc) is 2.36. The second-order valence-electron chi connectivity index (χ2n) is 5.97. The first kappa shape index (κ1) is 18.3. The Morgan fingerprint density at radius 3 is 2.33 bits per heavy atom. The molecule has 2 atom stereocenters. The lowest BCUT2D eigenvalue weighted by Gasteiger charge is -2.27. The van der Waals surface area contributed by atoms with Crippen LogP contribution in [0, 0.1) is 5.92 Å². The summed E-state index contributed by atoms with van der Waals surface area (Å²) in [6, 6.07) is 5.19. The quantitative estimate of drug-likeness (QED) is 0.849. The number of likely N-dealkylation sites (N-methyl/N-ethyl adjacent to an activating group) is 1. The van der Waals surface area contributed by atoms with Crippen molar-refractivity contribution in [2.75, 3.05) is 14.1 Å². The van der Waals surface area contributed by atoms with Crippen molar-refractivity contribution in [3.63, 3.8) is 0 Å². The molecule has 2 unspecified atom stereocenters. The van der Waals surface area contributed by atoms with Crippen LogP contribution in [-0.4, -0.2) is 30.9 Å². The lowest BCUT2D eigenvalue weighted by Crippen LogP contribution is -2.45. The van der Waals surface area contributed by atoms with Gasteiger partial charge < -0.3 is 4.90 Å². The van der Waals surface area contributed by atoms with Gasteiger partial charge in [-0.15, -0.1) is 0 Å². The molecule has 0 bridgehead atoms. The van der Waals surface area contributed by atoms with E-state index in [1.807, 2.05) is 19.1 Å². The fourth-order valence-electron chi connectivity index (χ4n) is 2.27. The molecule has 0 saturated heterocycles. The van der Waals surface area contributed by atoms with Crippen LogP contribution in [0.15, 0.2) is 18.2 Å². The molecule has 1 N–H and O–H groups in total. The van der Waals surface area contributed by atoms with Crippen molar-refractivity contribution in [1.29, 1.82) is 0 Å². The Balaban J connectivity index is 2.89. The van der Waals surface area contributed by atoms with E-state index in [0.29, 0.717) is 16.0 Å². The van der Waals surface area contributed by atoms with Crippen LogP contribution in [0.5, 0.6) is 0 Å². The van der Waals surface area contributed by atoms with E-state index in [0.717, 1.165) is 12.0 Å². The molecular weight excluding hydrogens is 307 g/mol. The lowest BCUT2D eigenvalue weighted by atomic mass is 10.00. The summed E-state index contributed by atoms with van der Waals surface area (Å²) in [6.45, 7) is 6.22. The van der Waals surface area contributed by atoms with E-state index < -0.39 is 0 Å². The van der Waals surface area contributed by atoms with Crippen molar-refractivity contribution in [1.82, 2.24) is 10.2 Å². The van der Waals surface area contributed by atoms with E-state index in [1.165, 1.54) is 0 Å². The molecular formula is C16H24Cl2N2O. The zero-order chi connectivity index (χ0) is 16.2. The molecule has 0 heterocycles. The van der Waals surface area contributed by atoms with E-state index in [-0.39, 0.29) is 18.0 Å². The Morgan fingerprint density at radius 2 is 1.86 bits per heavy atom. The van der Waals surface area contributed by atoms with E-state index >= 15 is 0 Å². The van der Waals surface area contributed by atoms with Gasteiger partial charge in [-0.1, -0.05) is 43.1 Å². The van der Waals surface area contributed by atoms with Crippen LogP contribution in [0.4, 0.5) is 0 Å². The largest absolute Gasteiger partial charge is 0.347 e. The number of carbonyl (C=O) groups excluding carboxylic acids is 1. The van der Waals surface area contributed by atoms with Crippen LogP contribution in [0.3, 0.4) is 0 Å². The number of nitrogens with one attached hydrogen (secondary N) is 1. The first-order valence-corrected chi connectivity index (χ1v) is 7.90. The molecule has 0 aromatic heterocycles. The SMILES string of the molecule is CC(C)CC(NC(C)c1ccc(Cl)cc1Cl)C(=O)N(C)C. The summed E-state index contributed by atoms with van der Waals surface area (Å²) in [5.74, 6) is 0.514. The maximum Gasteiger partial charge on any atom is 0.239 e. The minimum Gasteiger partial charge on any atom is -0.347 e. The summed E-state index contributed by atoms with van der Waals surface area (Å²) < 4.78 is 0. The molecule has 0 radical (unpaired) electrons. The summed E-state index contributed by atoms with van der Waals surface area (Å²) in [5.41, 5.74) is 0.946. The van der Waals surface area contributed by atoms with Gasteiger partial charge in [-0.3, -0.25) is 10.1 Å². The summed E-state index contributed by atoms with van der Waals surface area (Å²) in [7, 11) is 3.55. The first-order valence-electron chi connectivity index (χ1n) is 7.14. The Kier molecular flexibility index (Phi) is 6.98. The number of hydrogen-bond acceptors (Lipinski definition) is 2. The number of halogens is 2. The smallest absolute Gasteiger partial charge is 0.239 e. The van der Waals surface area contributed by atoms with Gasteiger partial charge in [0.25, 0.3) is 0 Å². The number of nitrogens with zero attached hydrogens (tertiary/aromatic N) is 1. The maximum atomic E-state index is 12.3. The molecule has 0 aliphatic rings. The van der Waals surface area contributed by atoms with Crippen LogP contribution in [0.1, 0.15) is 38.8 Å². The van der Waals surface area contributed by atoms with Gasteiger partial charge in [0.15, 0.2) is 0 Å². The Hall–Kier alpha value is -0.770. The highest BCUT2D eigenvalue weighted by Gasteiger charge is 2.24. The highest BCUT2D eigenvalue weighted by atomic mass is 35.5. The summed E-state index contributed by atoms with van der Waals surface area (Å²) in [4.78, 5) is 13.9. The Morgan fingerprint density at radius 1 is 1.24 bits per heavy atom. The van der Waals surface area contributed by atoms with Gasteiger partial charge in [0, 0.05) is 30.2 Å². The first-order chi connectivity index (χ1) is 9.72. The van der Waals surface area contributed by atoms with Gasteiger partial charge in [-0.2, -0.15) is 0 Å². The van der Waals surface area contributed by atoms with Crippen LogP contribution in [0.2, 0.25) is 10.0 Å². The second-order valence-corrected chi connectivity index (χ2v) is 6.81. The highest BCUT2D eigenvalue weighted by Crippen LogP contribution is 2.27. The van der Waals surface area contributed by atoms with Gasteiger partial charge in [0.2, 0.25) is 5.91 Å². The highest BCUT2D eigenvalue weighted by molar-refractivity contribution is 6.35. The molecule has 0 aliphatic heterocycles. The molecule has 118 valence electrons. The normalized spacial score (nSPS) is 14.1. The summed E-state index contributed by atoms with van der Waals surface area (Å²) in [5, 5.41) is 4.61. The van der Waals surface area contributed by atoms with Gasteiger partial charge in [-0.05, 0) is 37.0 Å². The Bertz CT molecular complexity index is 489. The second kappa shape index (κ2) is 8.02. The third-order valence-corrected chi connectivity index (χ3v) is 3.89. The van der Waals surface area contributed by atoms with Crippen molar-refractivity contribution in [2.45, 2.75) is 39.3 Å². The zero-order valence-corrected chi connectivity index (χ0v) is 14.8. The van der Waals surface area contributed by atoms with Crippen molar-refractivity contribution in [2.24, 2.45) is 5.92 Å². The van der Waals surface area contributed by atoms with Crippen LogP contribution in [-0.2, 0) is 4.79 Å². The molecule has 1 amide bonds. The number of benzene rings is 1. The Labute approximate surface area is 137 Å². The van der Waals surface area contributed by atoms with Crippen LogP contribution >= 0.6 is 23.2 Å². The van der Waals surface area contributed by atoms with Crippen molar-refractivity contribution < 1.29 is 4.79 Å². The predicted octanol–water partition coefficient (Wildman–Crippen LogP) is 4.15. The van der Waals surface area contributed by atoms with E-state index in [4.69, 9.17) is 23.2 Å². The molecule has 0 saturated carbocycles. The fourth-order valence-corrected chi connectivity index (χ4v) is 2.84. The van der Waals surface area contributed by atoms with E-state index in [9.17, 15) is 4.79 Å². The van der Waals surface area contributed by atoms with Crippen LogP contribution in [0.25, 0.3) is 0 Å². The molecule has 0 aliphatic carbocycles. The molecule has 0 fully saturated rings. The molecule has 5 heteroatoms. The molecule has 3 nitrogen and oxygen atoms in total. The van der Waals surface area contributed by atoms with Crippen molar-refractivity contribution in [3.05, 3.63) is 33.8 Å². The summed E-state index contributed by atoms with van der Waals surface area (Å²) >= 11 is 12.2. The van der Waals surface area contributed by atoms with Crippen molar-refractivity contribution >= 4 is 29.1 Å². The number of amides is 1. The van der Waals surface area contributed by atoms with Gasteiger partial charge in [-0.25, -0.2) is 0 Å². The minimum atomic E-state index is -0.221. The number of carbonyl (C=O) groups is 1. The summed E-state index contributed by atoms with van der Waals surface area (Å²) in [6.07, 6.45) is 0.784. The van der Waals surface area contributed by atoms with Crippen LogP contribution < -0.4 is 5.32 Å². The van der Waals surface area contributed by atoms with Gasteiger partial charge >= 0.3 is 0 Å². The molecule has 21 heavy (non-hydrogen) atoms. The number of rotatable bonds is 6. The third kappa shape index (κ3) is 5.50. The van der Waals surface area contributed by atoms with E-state index in [1.54, 1.807) is 25.1 Å². The monoisotopic (exact) mass is 330 g/mol. The zero-order valence-electron chi connectivity index (χ0n) is 13.3. The minimum absolute atomic E-state index is 0.0255. The average molecular weight is 331 g/mol. The lowest BCUT2D eigenvalue weighted by molar-refractivity contribution is -0.131. The predicted molar refractivity (Wildman–Crippen MR) is 89.9 cm³/mol. The van der Waals surface area contributed by atoms with E-state index in [2.05, 4.69) is 19.2 Å². The molecule has 1 rings (SSSR count). The maximum absolute atomic E-state index is 12.3. The standard InChI is InChI=1S/C16H24Cl2N2O/c1-10(2)8-15(16(21)20(4)5)19-11(3)13-7-6-12(17)9-14(13)18/h6-7,9-11,15,19H,8H2,1-5H3. The molecule has 0 spiro atoms. The van der Waals surface area contributed by atoms with Gasteiger partial charge in [0.05, 0.1) is 6.04 Å².